The quantitative estimate of drug-likeness (QED) is 0.479. The monoisotopic (exact) mass is 306 g/mol. The molecule has 0 unspecified atom stereocenters. The minimum absolute atomic E-state index is 0. The topological polar surface area (TPSA) is 89.5 Å². The van der Waals surface area contributed by atoms with Gasteiger partial charge in [0.1, 0.15) is 11.5 Å². The molecule has 0 fully saturated rings. The maximum atomic E-state index is 8.52. The Balaban J connectivity index is 0.000000471. The van der Waals surface area contributed by atoms with Crippen molar-refractivity contribution < 1.29 is 22.3 Å². The van der Waals surface area contributed by atoms with Gasteiger partial charge in [0.25, 0.3) is 0 Å². The molecule has 0 heterocycles. The molecule has 0 radical (unpaired) electrons. The molecule has 0 atom stereocenters. The minimum Gasteiger partial charge on any atom is -0.759 e. The second-order valence-electron chi connectivity index (χ2n) is 3.14. The van der Waals surface area contributed by atoms with E-state index in [0.717, 1.165) is 11.5 Å². The van der Waals surface area contributed by atoms with Gasteiger partial charge in [-0.15, -0.1) is 0 Å². The molecule has 19 heavy (non-hydrogen) atoms. The molecule has 2 aromatic carbocycles. The summed E-state index contributed by atoms with van der Waals surface area (Å²) in [5, 5.41) is 0. The first kappa shape index (κ1) is 18.4. The summed E-state index contributed by atoms with van der Waals surface area (Å²) in [5.74, 6) is 1.74. The maximum absolute atomic E-state index is 8.52. The Bertz CT molecular complexity index is 512. The van der Waals surface area contributed by atoms with Crippen LogP contribution in [-0.2, 0) is 10.4 Å². The van der Waals surface area contributed by atoms with Gasteiger partial charge in [-0.3, -0.25) is 8.42 Å². The van der Waals surface area contributed by atoms with Gasteiger partial charge in [0.15, 0.2) is 0 Å². The van der Waals surface area contributed by atoms with Crippen molar-refractivity contribution in [2.24, 2.45) is 0 Å². The Morgan fingerprint density at radius 1 is 0.737 bits per heavy atom. The van der Waals surface area contributed by atoms with E-state index in [2.05, 4.69) is 0 Å². The fraction of sp³-hybridized carbons (Fsp3) is 0. The normalized spacial score (nSPS) is 9.58. The predicted octanol–water partition coefficient (Wildman–Crippen LogP) is 1.76. The van der Waals surface area contributed by atoms with Crippen LogP contribution in [0.15, 0.2) is 60.7 Å². The third-order valence-corrected chi connectivity index (χ3v) is 1.72. The number of rotatable bonds is 2. The third-order valence-electron chi connectivity index (χ3n) is 1.72. The van der Waals surface area contributed by atoms with Crippen LogP contribution in [0.3, 0.4) is 0 Å². The molecular formula is C12H10CaO5S. The number of hydrogen-bond acceptors (Lipinski definition) is 5. The molecule has 5 nitrogen and oxygen atoms in total. The summed E-state index contributed by atoms with van der Waals surface area (Å²) >= 11 is 0. The molecule has 2 aromatic rings. The first-order valence-electron chi connectivity index (χ1n) is 4.90. The number of para-hydroxylation sites is 2. The summed E-state index contributed by atoms with van der Waals surface area (Å²) in [4.78, 5) is 0. The largest absolute Gasteiger partial charge is 2.00 e. The van der Waals surface area contributed by atoms with E-state index in [4.69, 9.17) is 22.3 Å². The predicted molar refractivity (Wildman–Crippen MR) is 69.2 cm³/mol. The van der Waals surface area contributed by atoms with Crippen LogP contribution < -0.4 is 4.74 Å². The van der Waals surface area contributed by atoms with Crippen LogP contribution in [0, 0.1) is 0 Å². The molecule has 0 aromatic heterocycles. The van der Waals surface area contributed by atoms with E-state index in [1.165, 1.54) is 0 Å². The second-order valence-corrected chi connectivity index (χ2v) is 3.95. The third kappa shape index (κ3) is 10.9. The molecule has 0 bridgehead atoms. The first-order chi connectivity index (χ1) is 8.45. The molecule has 0 spiro atoms. The standard InChI is InChI=1S/C12H10O.Ca.H2O4S/c1-3-7-11(8-4-1)13-12-9-5-2-6-10-12;;1-5(2,3)4/h1-10H;;(H2,1,2,3,4)/q;+2;/p-2. The molecule has 0 aliphatic rings. The van der Waals surface area contributed by atoms with Gasteiger partial charge < -0.3 is 13.8 Å². The number of benzene rings is 2. The van der Waals surface area contributed by atoms with Crippen LogP contribution in [0.2, 0.25) is 0 Å². The van der Waals surface area contributed by atoms with Crippen molar-refractivity contribution in [1.82, 2.24) is 0 Å². The molecule has 0 aliphatic heterocycles. The Hall–Kier alpha value is -0.630. The van der Waals surface area contributed by atoms with Gasteiger partial charge in [-0.05, 0) is 24.3 Å². The molecule has 96 valence electrons. The van der Waals surface area contributed by atoms with Crippen molar-refractivity contribution in [2.45, 2.75) is 0 Å². The van der Waals surface area contributed by atoms with Gasteiger partial charge in [-0.25, -0.2) is 0 Å². The van der Waals surface area contributed by atoms with Crippen LogP contribution in [0.5, 0.6) is 11.5 Å². The smallest absolute Gasteiger partial charge is 0.759 e. The summed E-state index contributed by atoms with van der Waals surface area (Å²) in [6.45, 7) is 0. The van der Waals surface area contributed by atoms with E-state index in [9.17, 15) is 0 Å². The van der Waals surface area contributed by atoms with Gasteiger partial charge >= 0.3 is 37.7 Å². The van der Waals surface area contributed by atoms with Crippen molar-refractivity contribution in [3.63, 3.8) is 0 Å². The van der Waals surface area contributed by atoms with Gasteiger partial charge in [-0.1, -0.05) is 36.4 Å². The average molecular weight is 306 g/mol. The van der Waals surface area contributed by atoms with E-state index < -0.39 is 10.4 Å². The summed E-state index contributed by atoms with van der Waals surface area (Å²) < 4.78 is 39.7. The van der Waals surface area contributed by atoms with E-state index in [0.29, 0.717) is 0 Å². The molecule has 0 N–H and O–H groups in total. The van der Waals surface area contributed by atoms with E-state index in [-0.39, 0.29) is 37.7 Å². The van der Waals surface area contributed by atoms with Crippen molar-refractivity contribution in [3.05, 3.63) is 60.7 Å². The van der Waals surface area contributed by atoms with E-state index in [1.807, 2.05) is 60.7 Å². The van der Waals surface area contributed by atoms with Gasteiger partial charge in [0.05, 0.1) is 0 Å². The Kier molecular flexibility index (Phi) is 8.99. The van der Waals surface area contributed by atoms with Crippen molar-refractivity contribution in [1.29, 1.82) is 0 Å². The van der Waals surface area contributed by atoms with Crippen LogP contribution in [0.4, 0.5) is 0 Å². The van der Waals surface area contributed by atoms with Gasteiger partial charge in [-0.2, -0.15) is 0 Å². The fourth-order valence-corrected chi connectivity index (χ4v) is 1.11. The molecule has 7 heteroatoms. The number of ether oxygens (including phenoxy) is 1. The Morgan fingerprint density at radius 3 is 1.26 bits per heavy atom. The molecular weight excluding hydrogens is 296 g/mol. The Labute approximate surface area is 141 Å². The summed E-state index contributed by atoms with van der Waals surface area (Å²) in [6.07, 6.45) is 0. The summed E-state index contributed by atoms with van der Waals surface area (Å²) in [6, 6.07) is 19.5. The zero-order valence-electron chi connectivity index (χ0n) is 9.93. The van der Waals surface area contributed by atoms with Crippen molar-refractivity contribution in [3.8, 4) is 11.5 Å². The molecule has 0 amide bonds. The second kappa shape index (κ2) is 9.30. The van der Waals surface area contributed by atoms with E-state index >= 15 is 0 Å². The van der Waals surface area contributed by atoms with Gasteiger partial charge in [0.2, 0.25) is 0 Å². The summed E-state index contributed by atoms with van der Waals surface area (Å²) in [7, 11) is -5.17. The fourth-order valence-electron chi connectivity index (χ4n) is 1.11. The van der Waals surface area contributed by atoms with Crippen LogP contribution in [-0.4, -0.2) is 55.3 Å². The van der Waals surface area contributed by atoms with Gasteiger partial charge in [0, 0.05) is 10.4 Å². The summed E-state index contributed by atoms with van der Waals surface area (Å²) in [5.41, 5.74) is 0. The van der Waals surface area contributed by atoms with Crippen molar-refractivity contribution in [2.75, 3.05) is 0 Å². The molecule has 0 saturated heterocycles. The molecule has 2 rings (SSSR count). The maximum Gasteiger partial charge on any atom is 2.00 e. The van der Waals surface area contributed by atoms with Crippen LogP contribution in [0.25, 0.3) is 0 Å². The van der Waals surface area contributed by atoms with E-state index in [1.54, 1.807) is 0 Å². The Morgan fingerprint density at radius 2 is 1.00 bits per heavy atom. The molecule has 0 aliphatic carbocycles. The zero-order valence-corrected chi connectivity index (χ0v) is 13.0. The minimum atomic E-state index is -5.17. The zero-order chi connectivity index (χ0) is 13.4. The first-order valence-corrected chi connectivity index (χ1v) is 6.23. The number of hydrogen-bond donors (Lipinski definition) is 0. The average Bonchev–Trinajstić information content (AvgIpc) is 2.29. The SMILES string of the molecule is O=S(=O)([O-])[O-].[Ca+2].c1ccc(Oc2ccccc2)cc1. The van der Waals surface area contributed by atoms with Crippen molar-refractivity contribution >= 4 is 48.1 Å². The van der Waals surface area contributed by atoms with Crippen LogP contribution >= 0.6 is 0 Å². The molecule has 0 saturated carbocycles. The van der Waals surface area contributed by atoms with Crippen LogP contribution in [0.1, 0.15) is 0 Å².